The Balaban J connectivity index is 1.62. The third-order valence-electron chi connectivity index (χ3n) is 4.25. The standard InChI is InChI=1S/C17H27N3/c1-2-9-18-17-16(4-3-10-19-17)13-20(11-14-5-6-14)12-15-7-8-15/h3-4,10,14-15H,2,5-9,11-13H2,1H3,(H,18,19). The maximum absolute atomic E-state index is 4.52. The fourth-order valence-corrected chi connectivity index (χ4v) is 2.74. The second kappa shape index (κ2) is 6.57. The Kier molecular flexibility index (Phi) is 4.56. The average molecular weight is 273 g/mol. The monoisotopic (exact) mass is 273 g/mol. The Hall–Kier alpha value is -1.09. The van der Waals surface area contributed by atoms with Crippen molar-refractivity contribution in [2.75, 3.05) is 25.0 Å². The molecule has 2 aliphatic rings. The molecular formula is C17H27N3. The van der Waals surface area contributed by atoms with E-state index in [0.717, 1.165) is 37.2 Å². The van der Waals surface area contributed by atoms with Crippen molar-refractivity contribution in [3.05, 3.63) is 23.9 Å². The first-order valence-corrected chi connectivity index (χ1v) is 8.25. The fourth-order valence-electron chi connectivity index (χ4n) is 2.74. The van der Waals surface area contributed by atoms with E-state index in [1.54, 1.807) is 0 Å². The van der Waals surface area contributed by atoms with E-state index in [4.69, 9.17) is 0 Å². The van der Waals surface area contributed by atoms with Crippen LogP contribution in [0.2, 0.25) is 0 Å². The number of nitrogens with zero attached hydrogens (tertiary/aromatic N) is 2. The number of anilines is 1. The summed E-state index contributed by atoms with van der Waals surface area (Å²) in [5, 5.41) is 3.47. The molecule has 2 fully saturated rings. The summed E-state index contributed by atoms with van der Waals surface area (Å²) in [6.07, 6.45) is 8.80. The van der Waals surface area contributed by atoms with E-state index < -0.39 is 0 Å². The fraction of sp³-hybridized carbons (Fsp3) is 0.706. The van der Waals surface area contributed by atoms with E-state index in [2.05, 4.69) is 34.3 Å². The number of aromatic nitrogens is 1. The van der Waals surface area contributed by atoms with Crippen molar-refractivity contribution in [2.24, 2.45) is 11.8 Å². The molecule has 0 amide bonds. The molecule has 1 heterocycles. The first-order valence-electron chi connectivity index (χ1n) is 8.25. The summed E-state index contributed by atoms with van der Waals surface area (Å²) >= 11 is 0. The van der Waals surface area contributed by atoms with Gasteiger partial charge in [-0.1, -0.05) is 13.0 Å². The van der Waals surface area contributed by atoms with Crippen LogP contribution in [0.25, 0.3) is 0 Å². The Bertz CT molecular complexity index is 410. The number of nitrogens with one attached hydrogen (secondary N) is 1. The summed E-state index contributed by atoms with van der Waals surface area (Å²) in [6, 6.07) is 4.30. The molecule has 2 saturated carbocycles. The molecule has 1 aromatic heterocycles. The van der Waals surface area contributed by atoms with E-state index in [1.165, 1.54) is 44.3 Å². The van der Waals surface area contributed by atoms with Gasteiger partial charge in [-0.05, 0) is 50.0 Å². The zero-order chi connectivity index (χ0) is 13.8. The van der Waals surface area contributed by atoms with Crippen LogP contribution in [0.1, 0.15) is 44.6 Å². The van der Waals surface area contributed by atoms with Gasteiger partial charge in [0.2, 0.25) is 0 Å². The maximum atomic E-state index is 4.52. The minimum absolute atomic E-state index is 0.970. The van der Waals surface area contributed by atoms with Gasteiger partial charge in [0.05, 0.1) is 0 Å². The Morgan fingerprint density at radius 2 is 1.90 bits per heavy atom. The van der Waals surface area contributed by atoms with Crippen LogP contribution in [-0.2, 0) is 6.54 Å². The number of hydrogen-bond acceptors (Lipinski definition) is 3. The van der Waals surface area contributed by atoms with E-state index >= 15 is 0 Å². The molecule has 3 heteroatoms. The van der Waals surface area contributed by atoms with Crippen LogP contribution in [-0.4, -0.2) is 29.5 Å². The summed E-state index contributed by atoms with van der Waals surface area (Å²) in [7, 11) is 0. The minimum Gasteiger partial charge on any atom is -0.370 e. The molecule has 0 aliphatic heterocycles. The second-order valence-corrected chi connectivity index (χ2v) is 6.52. The number of hydrogen-bond donors (Lipinski definition) is 1. The molecule has 110 valence electrons. The SMILES string of the molecule is CCCNc1ncccc1CN(CC1CC1)CC1CC1. The summed E-state index contributed by atoms with van der Waals surface area (Å²) in [4.78, 5) is 7.19. The summed E-state index contributed by atoms with van der Waals surface area (Å²) in [5.74, 6) is 3.03. The molecule has 2 aliphatic carbocycles. The molecule has 3 nitrogen and oxygen atoms in total. The summed E-state index contributed by atoms with van der Waals surface area (Å²) < 4.78 is 0. The predicted molar refractivity (Wildman–Crippen MR) is 83.7 cm³/mol. The first-order chi connectivity index (χ1) is 9.85. The third kappa shape index (κ3) is 4.20. The molecule has 0 bridgehead atoms. The van der Waals surface area contributed by atoms with Crippen molar-refractivity contribution in [3.63, 3.8) is 0 Å². The molecule has 1 N–H and O–H groups in total. The van der Waals surface area contributed by atoms with E-state index in [9.17, 15) is 0 Å². The van der Waals surface area contributed by atoms with Crippen molar-refractivity contribution < 1.29 is 0 Å². The molecule has 0 atom stereocenters. The molecule has 3 rings (SSSR count). The lowest BCUT2D eigenvalue weighted by atomic mass is 10.2. The molecule has 0 saturated heterocycles. The van der Waals surface area contributed by atoms with Gasteiger partial charge in [0.15, 0.2) is 0 Å². The summed E-state index contributed by atoms with van der Waals surface area (Å²) in [5.41, 5.74) is 1.36. The van der Waals surface area contributed by atoms with Gasteiger partial charge in [-0.15, -0.1) is 0 Å². The van der Waals surface area contributed by atoms with Gasteiger partial charge in [0.25, 0.3) is 0 Å². The van der Waals surface area contributed by atoms with Crippen molar-refractivity contribution >= 4 is 5.82 Å². The lowest BCUT2D eigenvalue weighted by Crippen LogP contribution is -2.28. The van der Waals surface area contributed by atoms with Gasteiger partial charge in [0, 0.05) is 37.9 Å². The lowest BCUT2D eigenvalue weighted by molar-refractivity contribution is 0.244. The van der Waals surface area contributed by atoms with Gasteiger partial charge in [-0.2, -0.15) is 0 Å². The third-order valence-corrected chi connectivity index (χ3v) is 4.25. The van der Waals surface area contributed by atoms with Crippen LogP contribution in [0.15, 0.2) is 18.3 Å². The van der Waals surface area contributed by atoms with E-state index in [0.29, 0.717) is 0 Å². The maximum Gasteiger partial charge on any atom is 0.130 e. The second-order valence-electron chi connectivity index (χ2n) is 6.52. The highest BCUT2D eigenvalue weighted by molar-refractivity contribution is 5.43. The zero-order valence-electron chi connectivity index (χ0n) is 12.6. The zero-order valence-corrected chi connectivity index (χ0v) is 12.6. The quantitative estimate of drug-likeness (QED) is 0.746. The lowest BCUT2D eigenvalue weighted by Gasteiger charge is -2.23. The molecule has 0 radical (unpaired) electrons. The van der Waals surface area contributed by atoms with E-state index in [-0.39, 0.29) is 0 Å². The van der Waals surface area contributed by atoms with Crippen molar-refractivity contribution in [3.8, 4) is 0 Å². The van der Waals surface area contributed by atoms with Crippen LogP contribution in [0.5, 0.6) is 0 Å². The van der Waals surface area contributed by atoms with Crippen molar-refractivity contribution in [1.82, 2.24) is 9.88 Å². The predicted octanol–water partition coefficient (Wildman–Crippen LogP) is 3.53. The molecule has 0 spiro atoms. The highest BCUT2D eigenvalue weighted by Crippen LogP contribution is 2.34. The van der Waals surface area contributed by atoms with Gasteiger partial charge >= 0.3 is 0 Å². The Morgan fingerprint density at radius 3 is 2.50 bits per heavy atom. The largest absolute Gasteiger partial charge is 0.370 e. The molecular weight excluding hydrogens is 246 g/mol. The minimum atomic E-state index is 0.970. The van der Waals surface area contributed by atoms with Crippen LogP contribution in [0, 0.1) is 11.8 Å². The van der Waals surface area contributed by atoms with Crippen LogP contribution in [0.4, 0.5) is 5.82 Å². The van der Waals surface area contributed by atoms with Gasteiger partial charge in [-0.3, -0.25) is 4.90 Å². The average Bonchev–Trinajstić information content (AvgIpc) is 3.34. The van der Waals surface area contributed by atoms with Crippen molar-refractivity contribution in [2.45, 2.75) is 45.6 Å². The number of pyridine rings is 1. The molecule has 20 heavy (non-hydrogen) atoms. The molecule has 0 aromatic carbocycles. The Morgan fingerprint density at radius 1 is 1.20 bits per heavy atom. The van der Waals surface area contributed by atoms with Crippen LogP contribution in [0.3, 0.4) is 0 Å². The normalized spacial score (nSPS) is 18.5. The van der Waals surface area contributed by atoms with Crippen LogP contribution < -0.4 is 5.32 Å². The van der Waals surface area contributed by atoms with Gasteiger partial charge in [-0.25, -0.2) is 4.98 Å². The number of rotatable bonds is 9. The molecule has 1 aromatic rings. The van der Waals surface area contributed by atoms with Crippen LogP contribution >= 0.6 is 0 Å². The van der Waals surface area contributed by atoms with E-state index in [1.807, 2.05) is 6.20 Å². The van der Waals surface area contributed by atoms with Gasteiger partial charge < -0.3 is 5.32 Å². The highest BCUT2D eigenvalue weighted by Gasteiger charge is 2.29. The van der Waals surface area contributed by atoms with Gasteiger partial charge in [0.1, 0.15) is 5.82 Å². The summed E-state index contributed by atoms with van der Waals surface area (Å²) in [6.45, 7) is 6.85. The first kappa shape index (κ1) is 13.9. The topological polar surface area (TPSA) is 28.2 Å². The van der Waals surface area contributed by atoms with Crippen molar-refractivity contribution in [1.29, 1.82) is 0 Å². The molecule has 0 unspecified atom stereocenters. The smallest absolute Gasteiger partial charge is 0.130 e. The Labute approximate surface area is 122 Å². The highest BCUT2D eigenvalue weighted by atomic mass is 15.1.